The van der Waals surface area contributed by atoms with Crippen molar-refractivity contribution in [3.05, 3.63) is 93.8 Å². The number of methoxy groups -OCH3 is 1. The smallest absolute Gasteiger partial charge is 0.337 e. The predicted molar refractivity (Wildman–Crippen MR) is 119 cm³/mol. The van der Waals surface area contributed by atoms with Crippen LogP contribution in [0.3, 0.4) is 0 Å². The van der Waals surface area contributed by atoms with Gasteiger partial charge in [0.15, 0.2) is 0 Å². The molecule has 0 saturated carbocycles. The van der Waals surface area contributed by atoms with Gasteiger partial charge in [0.05, 0.1) is 24.7 Å². The molecule has 0 unspecified atom stereocenters. The second-order valence-electron chi connectivity index (χ2n) is 7.70. The van der Waals surface area contributed by atoms with E-state index in [1.807, 2.05) is 6.07 Å². The molecule has 1 N–H and O–H groups in total. The zero-order valence-corrected chi connectivity index (χ0v) is 17.5. The molecule has 1 aliphatic heterocycles. The summed E-state index contributed by atoms with van der Waals surface area (Å²) in [7, 11) is 1.30. The molecule has 1 aromatic heterocycles. The number of benzene rings is 3. The van der Waals surface area contributed by atoms with E-state index in [0.717, 1.165) is 5.56 Å². The number of phenolic OH excluding ortho intramolecular Hbond substituents is 1. The Balaban J connectivity index is 1.71. The number of esters is 2. The summed E-state index contributed by atoms with van der Waals surface area (Å²) >= 11 is 0. The number of rotatable bonds is 3. The van der Waals surface area contributed by atoms with Gasteiger partial charge in [0, 0.05) is 17.5 Å². The molecule has 164 valence electrons. The van der Waals surface area contributed by atoms with Crippen LogP contribution in [0.2, 0.25) is 0 Å². The summed E-state index contributed by atoms with van der Waals surface area (Å²) in [6.45, 7) is 0. The fourth-order valence-electron chi connectivity index (χ4n) is 4.20. The van der Waals surface area contributed by atoms with Crippen molar-refractivity contribution in [2.24, 2.45) is 0 Å². The van der Waals surface area contributed by atoms with E-state index < -0.39 is 17.9 Å². The molecule has 4 aromatic rings. The van der Waals surface area contributed by atoms with Gasteiger partial charge >= 0.3 is 11.9 Å². The van der Waals surface area contributed by atoms with Crippen LogP contribution >= 0.6 is 0 Å². The quantitative estimate of drug-likeness (QED) is 0.371. The van der Waals surface area contributed by atoms with Crippen molar-refractivity contribution in [1.82, 2.24) is 0 Å². The summed E-state index contributed by atoms with van der Waals surface area (Å²) in [6, 6.07) is 16.9. The third-order valence-corrected chi connectivity index (χ3v) is 5.79. The lowest BCUT2D eigenvalue weighted by atomic mass is 9.84. The van der Waals surface area contributed by atoms with Gasteiger partial charge in [0.25, 0.3) is 0 Å². The van der Waals surface area contributed by atoms with Gasteiger partial charge in [0.2, 0.25) is 5.43 Å². The number of aromatic hydroxyl groups is 1. The van der Waals surface area contributed by atoms with Crippen molar-refractivity contribution in [3.63, 3.8) is 0 Å². The molecule has 3 aromatic carbocycles. The minimum Gasteiger partial charge on any atom is -0.507 e. The van der Waals surface area contributed by atoms with Gasteiger partial charge in [-0.3, -0.25) is 9.59 Å². The molecule has 7 heteroatoms. The number of phenols is 1. The average Bonchev–Trinajstić information content (AvgIpc) is 2.83. The standard InChI is InChI=1S/C26H18O7/c1-31-26(30)16-9-7-15(8-10-16)17-11-21(28)33-20-12-19(27)23-24(29)18(13-32-25(23)22(17)20)14-5-3-2-4-6-14/h2-10,12-13,17,27H,11H2,1H3/t17-/m1/s1. The van der Waals surface area contributed by atoms with E-state index in [0.29, 0.717) is 22.3 Å². The molecule has 0 aliphatic carbocycles. The molecular formula is C26H18O7. The van der Waals surface area contributed by atoms with Crippen molar-refractivity contribution < 1.29 is 28.6 Å². The van der Waals surface area contributed by atoms with Crippen LogP contribution in [0.5, 0.6) is 11.5 Å². The minimum atomic E-state index is -0.498. The number of carbonyl (C=O) groups is 2. The average molecular weight is 442 g/mol. The summed E-state index contributed by atoms with van der Waals surface area (Å²) in [6.07, 6.45) is 1.36. The Morgan fingerprint density at radius 1 is 1.06 bits per heavy atom. The summed E-state index contributed by atoms with van der Waals surface area (Å²) in [5.74, 6) is -1.65. The Morgan fingerprint density at radius 3 is 2.48 bits per heavy atom. The molecule has 0 amide bonds. The SMILES string of the molecule is COC(=O)c1ccc([C@H]2CC(=O)Oc3cc(O)c4c(=O)c(-c5ccccc5)coc4c32)cc1. The number of ether oxygens (including phenoxy) is 2. The van der Waals surface area contributed by atoms with Gasteiger partial charge in [-0.15, -0.1) is 0 Å². The fourth-order valence-corrected chi connectivity index (χ4v) is 4.20. The zero-order chi connectivity index (χ0) is 23.1. The normalized spacial score (nSPS) is 15.1. The Morgan fingerprint density at radius 2 is 1.79 bits per heavy atom. The van der Waals surface area contributed by atoms with Gasteiger partial charge in [-0.1, -0.05) is 42.5 Å². The highest BCUT2D eigenvalue weighted by Crippen LogP contribution is 2.45. The Hall–Kier alpha value is -4.39. The second kappa shape index (κ2) is 7.94. The Labute approximate surface area is 187 Å². The monoisotopic (exact) mass is 442 g/mol. The maximum atomic E-state index is 13.3. The topological polar surface area (TPSA) is 103 Å². The molecule has 2 heterocycles. The lowest BCUT2D eigenvalue weighted by Crippen LogP contribution is -2.22. The van der Waals surface area contributed by atoms with Crippen molar-refractivity contribution in [2.45, 2.75) is 12.3 Å². The Bertz CT molecular complexity index is 1450. The van der Waals surface area contributed by atoms with E-state index >= 15 is 0 Å². The van der Waals surface area contributed by atoms with Gasteiger partial charge < -0.3 is 19.0 Å². The number of hydrogen-bond donors (Lipinski definition) is 1. The molecule has 0 spiro atoms. The number of hydrogen-bond acceptors (Lipinski definition) is 7. The molecule has 0 saturated heterocycles. The van der Waals surface area contributed by atoms with Crippen molar-refractivity contribution in [3.8, 4) is 22.6 Å². The van der Waals surface area contributed by atoms with E-state index in [4.69, 9.17) is 13.9 Å². The zero-order valence-electron chi connectivity index (χ0n) is 17.5. The van der Waals surface area contributed by atoms with E-state index in [2.05, 4.69) is 0 Å². The van der Waals surface area contributed by atoms with Crippen LogP contribution in [0.4, 0.5) is 0 Å². The molecule has 0 fully saturated rings. The molecule has 7 nitrogen and oxygen atoms in total. The maximum absolute atomic E-state index is 13.3. The van der Waals surface area contributed by atoms with E-state index in [1.165, 1.54) is 19.4 Å². The molecule has 1 atom stereocenters. The molecular weight excluding hydrogens is 424 g/mol. The van der Waals surface area contributed by atoms with Crippen molar-refractivity contribution >= 4 is 22.9 Å². The van der Waals surface area contributed by atoms with Crippen LogP contribution in [0.25, 0.3) is 22.1 Å². The first-order valence-electron chi connectivity index (χ1n) is 10.2. The predicted octanol–water partition coefficient (Wildman–Crippen LogP) is 4.39. The van der Waals surface area contributed by atoms with Gasteiger partial charge in [-0.05, 0) is 23.3 Å². The molecule has 5 rings (SSSR count). The van der Waals surface area contributed by atoms with Crippen LogP contribution in [-0.4, -0.2) is 24.2 Å². The van der Waals surface area contributed by atoms with Crippen LogP contribution in [0, 0.1) is 0 Å². The first kappa shape index (κ1) is 20.5. The molecule has 0 bridgehead atoms. The molecule has 1 aliphatic rings. The minimum absolute atomic E-state index is 0.00853. The lowest BCUT2D eigenvalue weighted by molar-refractivity contribution is -0.135. The highest BCUT2D eigenvalue weighted by molar-refractivity contribution is 5.94. The van der Waals surface area contributed by atoms with Crippen molar-refractivity contribution in [2.75, 3.05) is 7.11 Å². The van der Waals surface area contributed by atoms with Crippen LogP contribution in [-0.2, 0) is 9.53 Å². The van der Waals surface area contributed by atoms with Crippen LogP contribution < -0.4 is 10.2 Å². The van der Waals surface area contributed by atoms with E-state index in [9.17, 15) is 19.5 Å². The van der Waals surface area contributed by atoms with Crippen LogP contribution in [0.1, 0.15) is 33.8 Å². The highest BCUT2D eigenvalue weighted by Gasteiger charge is 2.33. The Kier molecular flexibility index (Phi) is 4.94. The first-order chi connectivity index (χ1) is 16.0. The van der Waals surface area contributed by atoms with Crippen LogP contribution in [0.15, 0.2) is 76.1 Å². The molecule has 0 radical (unpaired) electrons. The largest absolute Gasteiger partial charge is 0.507 e. The summed E-state index contributed by atoms with van der Waals surface area (Å²) in [4.78, 5) is 37.4. The fraction of sp³-hybridized carbons (Fsp3) is 0.115. The highest BCUT2D eigenvalue weighted by atomic mass is 16.5. The summed E-state index contributed by atoms with van der Waals surface area (Å²) in [5.41, 5.74) is 2.32. The summed E-state index contributed by atoms with van der Waals surface area (Å²) < 4.78 is 16.0. The van der Waals surface area contributed by atoms with Gasteiger partial charge in [-0.2, -0.15) is 0 Å². The van der Waals surface area contributed by atoms with E-state index in [1.54, 1.807) is 48.5 Å². The second-order valence-corrected chi connectivity index (χ2v) is 7.70. The summed E-state index contributed by atoms with van der Waals surface area (Å²) in [5, 5.41) is 10.7. The first-order valence-corrected chi connectivity index (χ1v) is 10.2. The van der Waals surface area contributed by atoms with Gasteiger partial charge in [-0.25, -0.2) is 4.79 Å². The van der Waals surface area contributed by atoms with E-state index in [-0.39, 0.29) is 34.3 Å². The number of fused-ring (bicyclic) bond motifs is 3. The third-order valence-electron chi connectivity index (χ3n) is 5.79. The van der Waals surface area contributed by atoms with Crippen molar-refractivity contribution in [1.29, 1.82) is 0 Å². The lowest BCUT2D eigenvalue weighted by Gasteiger charge is -2.26. The number of carbonyl (C=O) groups excluding carboxylic acids is 2. The molecule has 33 heavy (non-hydrogen) atoms. The third kappa shape index (κ3) is 3.43. The maximum Gasteiger partial charge on any atom is 0.337 e. The van der Waals surface area contributed by atoms with Gasteiger partial charge in [0.1, 0.15) is 28.7 Å².